The van der Waals surface area contributed by atoms with Gasteiger partial charge in [0.05, 0.1) is 24.0 Å². The number of ether oxygens (including phenoxy) is 1. The maximum absolute atomic E-state index is 14.9. The molecule has 0 spiro atoms. The van der Waals surface area contributed by atoms with E-state index in [0.717, 1.165) is 24.0 Å². The number of anilines is 1. The van der Waals surface area contributed by atoms with E-state index in [0.29, 0.717) is 0 Å². The summed E-state index contributed by atoms with van der Waals surface area (Å²) >= 11 is 1.07. The number of aliphatic imine (C=N–C) groups is 1. The number of terminal acetylenes is 1. The highest BCUT2D eigenvalue weighted by Crippen LogP contribution is 2.50. The summed E-state index contributed by atoms with van der Waals surface area (Å²) in [5.74, 6) is -1.17. The summed E-state index contributed by atoms with van der Waals surface area (Å²) in [5.41, 5.74) is 4.32. The van der Waals surface area contributed by atoms with E-state index >= 15 is 0 Å². The Morgan fingerprint density at radius 2 is 2.09 bits per heavy atom. The predicted molar refractivity (Wildman–Crippen MR) is 120 cm³/mol. The average Bonchev–Trinajstić information content (AvgIpc) is 2.78. The molecule has 1 aromatic heterocycles. The van der Waals surface area contributed by atoms with Crippen LogP contribution < -0.4 is 15.8 Å². The van der Waals surface area contributed by atoms with Crippen molar-refractivity contribution in [1.82, 2.24) is 9.97 Å². The second-order valence-corrected chi connectivity index (χ2v) is 9.12. The van der Waals surface area contributed by atoms with Gasteiger partial charge >= 0.3 is 0 Å². The van der Waals surface area contributed by atoms with Gasteiger partial charge in [0, 0.05) is 23.2 Å². The Morgan fingerprint density at radius 1 is 1.36 bits per heavy atom. The van der Waals surface area contributed by atoms with Crippen molar-refractivity contribution in [1.29, 1.82) is 5.26 Å². The maximum atomic E-state index is 14.9. The van der Waals surface area contributed by atoms with E-state index in [-0.39, 0.29) is 34.6 Å². The van der Waals surface area contributed by atoms with Crippen molar-refractivity contribution in [3.05, 3.63) is 47.4 Å². The van der Waals surface area contributed by atoms with Crippen molar-refractivity contribution in [2.45, 2.75) is 31.1 Å². The van der Waals surface area contributed by atoms with E-state index in [4.69, 9.17) is 16.9 Å². The fourth-order valence-corrected chi connectivity index (χ4v) is 4.57. The fourth-order valence-electron chi connectivity index (χ4n) is 3.45. The number of amides is 1. The maximum Gasteiger partial charge on any atom is 0.275 e. The van der Waals surface area contributed by atoms with E-state index in [1.54, 1.807) is 20.8 Å². The predicted octanol–water partition coefficient (Wildman–Crippen LogP) is 3.21. The number of aromatic nitrogens is 2. The number of halogens is 2. The second kappa shape index (κ2) is 9.04. The molecule has 0 saturated carbocycles. The number of nitrogens with one attached hydrogen (secondary N) is 1. The van der Waals surface area contributed by atoms with Crippen LogP contribution in [-0.4, -0.2) is 32.4 Å². The molecule has 3 N–H and O–H groups in total. The van der Waals surface area contributed by atoms with Crippen LogP contribution in [0.25, 0.3) is 0 Å². The van der Waals surface area contributed by atoms with Gasteiger partial charge in [-0.15, -0.1) is 6.42 Å². The van der Waals surface area contributed by atoms with Gasteiger partial charge in [0.25, 0.3) is 5.91 Å². The molecule has 8 nitrogen and oxygen atoms in total. The van der Waals surface area contributed by atoms with Crippen molar-refractivity contribution >= 4 is 28.5 Å². The molecule has 0 aliphatic carbocycles. The Labute approximate surface area is 193 Å². The average molecular weight is 471 g/mol. The zero-order chi connectivity index (χ0) is 24.4. The fraction of sp³-hybridized carbons (Fsp3) is 0.318. The Hall–Kier alpha value is -3.70. The van der Waals surface area contributed by atoms with Crippen molar-refractivity contribution in [2.75, 3.05) is 11.9 Å². The van der Waals surface area contributed by atoms with Crippen LogP contribution in [0.1, 0.15) is 36.8 Å². The normalized spacial score (nSPS) is 24.2. The highest BCUT2D eigenvalue weighted by Gasteiger charge is 2.50. The van der Waals surface area contributed by atoms with Crippen LogP contribution in [-0.2, 0) is 5.54 Å². The number of hydrogen-bond donors (Lipinski definition) is 2. The van der Waals surface area contributed by atoms with Crippen molar-refractivity contribution in [2.24, 2.45) is 16.6 Å². The SMILES string of the molecule is C#CCOc1cnc(C(=O)Nc2cc(F)c(F)c([C@@]3(C)N=C(N)S[C@](C)(C#N)[C@H]3C)c2)cn1. The van der Waals surface area contributed by atoms with E-state index in [1.165, 1.54) is 12.3 Å². The zero-order valence-corrected chi connectivity index (χ0v) is 18.8. The molecule has 2 aromatic rings. The molecule has 3 atom stereocenters. The molecule has 0 radical (unpaired) electrons. The molecule has 1 aliphatic rings. The molecule has 0 fully saturated rings. The van der Waals surface area contributed by atoms with Gasteiger partial charge in [-0.3, -0.25) is 9.79 Å². The summed E-state index contributed by atoms with van der Waals surface area (Å²) < 4.78 is 33.6. The summed E-state index contributed by atoms with van der Waals surface area (Å²) in [6.45, 7) is 4.95. The third-order valence-corrected chi connectivity index (χ3v) is 6.72. The molecule has 2 heterocycles. The van der Waals surface area contributed by atoms with Crippen LogP contribution in [0.2, 0.25) is 0 Å². The minimum atomic E-state index is -1.36. The van der Waals surface area contributed by atoms with E-state index in [1.807, 2.05) is 0 Å². The van der Waals surface area contributed by atoms with Crippen molar-refractivity contribution in [3.63, 3.8) is 0 Å². The topological polar surface area (TPSA) is 126 Å². The largest absolute Gasteiger partial charge is 0.463 e. The van der Waals surface area contributed by atoms with Crippen molar-refractivity contribution < 1.29 is 18.3 Å². The first-order valence-corrected chi connectivity index (χ1v) is 10.5. The number of benzene rings is 1. The van der Waals surface area contributed by atoms with Gasteiger partial charge < -0.3 is 15.8 Å². The number of rotatable bonds is 5. The van der Waals surface area contributed by atoms with E-state index in [9.17, 15) is 18.8 Å². The van der Waals surface area contributed by atoms with Gasteiger partial charge in [-0.1, -0.05) is 24.6 Å². The first-order chi connectivity index (χ1) is 15.5. The van der Waals surface area contributed by atoms with E-state index < -0.39 is 33.7 Å². The third-order valence-electron chi connectivity index (χ3n) is 5.55. The van der Waals surface area contributed by atoms with Gasteiger partial charge in [0.15, 0.2) is 23.4 Å². The molecular formula is C22H20F2N6O2S. The Bertz CT molecular complexity index is 1210. The number of nitriles is 1. The molecule has 0 unspecified atom stereocenters. The molecule has 3 rings (SSSR count). The summed E-state index contributed by atoms with van der Waals surface area (Å²) in [6.07, 6.45) is 7.47. The first-order valence-electron chi connectivity index (χ1n) is 9.69. The summed E-state index contributed by atoms with van der Waals surface area (Å²) in [5, 5.41) is 12.2. The molecule has 1 amide bonds. The number of amidine groups is 1. The van der Waals surface area contributed by atoms with Crippen LogP contribution >= 0.6 is 11.8 Å². The summed E-state index contributed by atoms with van der Waals surface area (Å²) in [7, 11) is 0. The van der Waals surface area contributed by atoms with Crippen LogP contribution in [0.3, 0.4) is 0 Å². The molecule has 33 heavy (non-hydrogen) atoms. The highest BCUT2D eigenvalue weighted by atomic mass is 32.2. The zero-order valence-electron chi connectivity index (χ0n) is 18.0. The van der Waals surface area contributed by atoms with Crippen LogP contribution in [0.5, 0.6) is 5.88 Å². The van der Waals surface area contributed by atoms with Crippen LogP contribution in [0, 0.1) is 41.2 Å². The second-order valence-electron chi connectivity index (χ2n) is 7.65. The lowest BCUT2D eigenvalue weighted by Gasteiger charge is -2.43. The number of nitrogens with zero attached hydrogens (tertiary/aromatic N) is 4. The van der Waals surface area contributed by atoms with Gasteiger partial charge in [0.2, 0.25) is 5.88 Å². The molecule has 1 aromatic carbocycles. The number of thioether (sulfide) groups is 1. The first kappa shape index (κ1) is 24.0. The minimum Gasteiger partial charge on any atom is -0.463 e. The summed E-state index contributed by atoms with van der Waals surface area (Å²) in [4.78, 5) is 24.8. The van der Waals surface area contributed by atoms with Crippen LogP contribution in [0.15, 0.2) is 29.5 Å². The van der Waals surface area contributed by atoms with Gasteiger partial charge in [-0.25, -0.2) is 18.7 Å². The molecule has 11 heteroatoms. The standard InChI is InChI=1S/C22H20F2N6O2S/c1-5-6-32-17-10-27-16(9-28-17)19(31)29-13-7-14(18(24)15(23)8-13)22(4)12(2)21(3,11-25)33-20(26)30-22/h1,7-10,12H,6H2,2-4H3,(H2,26,30)(H,29,31)/t12-,21-,22+/m1/s1. The number of carbonyl (C=O) groups is 1. The van der Waals surface area contributed by atoms with Crippen molar-refractivity contribution in [3.8, 4) is 24.3 Å². The Balaban J connectivity index is 1.95. The van der Waals surface area contributed by atoms with Gasteiger partial charge in [-0.05, 0) is 19.9 Å². The lowest BCUT2D eigenvalue weighted by Crippen LogP contribution is -2.48. The molecule has 1 aliphatic heterocycles. The van der Waals surface area contributed by atoms with Crippen LogP contribution in [0.4, 0.5) is 14.5 Å². The highest BCUT2D eigenvalue weighted by molar-refractivity contribution is 8.15. The molecule has 0 bridgehead atoms. The van der Waals surface area contributed by atoms with E-state index in [2.05, 4.69) is 32.3 Å². The summed E-state index contributed by atoms with van der Waals surface area (Å²) in [6, 6.07) is 4.30. The molecule has 0 saturated heterocycles. The Morgan fingerprint density at radius 3 is 2.70 bits per heavy atom. The minimum absolute atomic E-state index is 0.00854. The Kier molecular flexibility index (Phi) is 6.56. The number of hydrogen-bond acceptors (Lipinski definition) is 8. The lowest BCUT2D eigenvalue weighted by molar-refractivity contribution is 0.102. The quantitative estimate of drug-likeness (QED) is 0.643. The van der Waals surface area contributed by atoms with Gasteiger partial charge in [-0.2, -0.15) is 5.26 Å². The monoisotopic (exact) mass is 470 g/mol. The molecular weight excluding hydrogens is 450 g/mol. The molecule has 170 valence electrons. The van der Waals surface area contributed by atoms with Gasteiger partial charge in [0.1, 0.15) is 10.4 Å². The lowest BCUT2D eigenvalue weighted by atomic mass is 9.74. The third kappa shape index (κ3) is 4.59. The number of nitrogens with two attached hydrogens (primary N) is 1. The number of carbonyl (C=O) groups excluding carboxylic acids is 1. The smallest absolute Gasteiger partial charge is 0.275 e.